The lowest BCUT2D eigenvalue weighted by Gasteiger charge is -2.21. The van der Waals surface area contributed by atoms with Crippen LogP contribution in [-0.4, -0.2) is 25.7 Å². The molecule has 2 aromatic rings. The average molecular weight is 378 g/mol. The van der Waals surface area contributed by atoms with Crippen molar-refractivity contribution < 1.29 is 4.79 Å². The fourth-order valence-electron chi connectivity index (χ4n) is 4.46. The Morgan fingerprint density at radius 3 is 2.71 bits per heavy atom. The van der Waals surface area contributed by atoms with E-state index < -0.39 is 0 Å². The second-order valence-corrected chi connectivity index (χ2v) is 8.25. The molecule has 4 nitrogen and oxygen atoms in total. The van der Waals surface area contributed by atoms with Crippen LogP contribution in [0.4, 0.5) is 10.5 Å². The summed E-state index contributed by atoms with van der Waals surface area (Å²) in [5, 5.41) is 6.19. The van der Waals surface area contributed by atoms with Crippen LogP contribution in [0.1, 0.15) is 48.9 Å². The predicted molar refractivity (Wildman–Crippen MR) is 115 cm³/mol. The number of hydrogen-bond acceptors (Lipinski definition) is 2. The highest BCUT2D eigenvalue weighted by molar-refractivity contribution is 5.74. The molecule has 0 radical (unpaired) electrons. The Bertz CT molecular complexity index is 805. The number of rotatable bonds is 5. The van der Waals surface area contributed by atoms with E-state index in [4.69, 9.17) is 0 Å². The van der Waals surface area contributed by atoms with E-state index >= 15 is 0 Å². The van der Waals surface area contributed by atoms with Gasteiger partial charge in [-0.15, -0.1) is 0 Å². The number of fused-ring (bicyclic) bond motifs is 1. The summed E-state index contributed by atoms with van der Waals surface area (Å²) in [5.41, 5.74) is 5.42. The molecule has 28 heavy (non-hydrogen) atoms. The van der Waals surface area contributed by atoms with Crippen LogP contribution in [0.25, 0.3) is 0 Å². The van der Waals surface area contributed by atoms with Crippen molar-refractivity contribution in [2.75, 3.05) is 24.5 Å². The van der Waals surface area contributed by atoms with Gasteiger partial charge < -0.3 is 15.5 Å². The van der Waals surface area contributed by atoms with E-state index in [9.17, 15) is 4.79 Å². The van der Waals surface area contributed by atoms with Gasteiger partial charge in [0.1, 0.15) is 0 Å². The molecule has 0 saturated carbocycles. The lowest BCUT2D eigenvalue weighted by atomic mass is 9.89. The zero-order chi connectivity index (χ0) is 19.3. The molecule has 2 unspecified atom stereocenters. The molecule has 2 amide bonds. The van der Waals surface area contributed by atoms with Gasteiger partial charge in [0.05, 0.1) is 6.04 Å². The number of nitrogens with one attached hydrogen (secondary N) is 2. The second-order valence-electron chi connectivity index (χ2n) is 8.25. The molecular weight excluding hydrogens is 346 g/mol. The first-order valence-electron chi connectivity index (χ1n) is 10.6. The van der Waals surface area contributed by atoms with Gasteiger partial charge in [0.2, 0.25) is 0 Å². The maximum absolute atomic E-state index is 12.4. The third kappa shape index (κ3) is 4.49. The van der Waals surface area contributed by atoms with Gasteiger partial charge in [-0.25, -0.2) is 4.79 Å². The Balaban J connectivity index is 1.24. The quantitative estimate of drug-likeness (QED) is 0.808. The van der Waals surface area contributed by atoms with Crippen LogP contribution in [0.5, 0.6) is 0 Å². The molecule has 148 valence electrons. The fourth-order valence-corrected chi connectivity index (χ4v) is 4.46. The Kier molecular flexibility index (Phi) is 5.84. The number of aryl methyl sites for hydroxylation is 2. The summed E-state index contributed by atoms with van der Waals surface area (Å²) in [5.74, 6) is 0.505. The van der Waals surface area contributed by atoms with Crippen LogP contribution >= 0.6 is 0 Å². The summed E-state index contributed by atoms with van der Waals surface area (Å²) in [6.45, 7) is 4.86. The van der Waals surface area contributed by atoms with Crippen molar-refractivity contribution in [2.24, 2.45) is 5.92 Å². The van der Waals surface area contributed by atoms with Gasteiger partial charge in [-0.1, -0.05) is 36.4 Å². The van der Waals surface area contributed by atoms with Crippen molar-refractivity contribution >= 4 is 11.7 Å². The van der Waals surface area contributed by atoms with Gasteiger partial charge in [0, 0.05) is 25.3 Å². The van der Waals surface area contributed by atoms with Crippen LogP contribution in [0.2, 0.25) is 0 Å². The Morgan fingerprint density at radius 2 is 1.89 bits per heavy atom. The predicted octanol–water partition coefficient (Wildman–Crippen LogP) is 4.45. The van der Waals surface area contributed by atoms with Crippen LogP contribution in [0, 0.1) is 5.92 Å². The first kappa shape index (κ1) is 18.9. The Hall–Kier alpha value is -2.49. The molecular formula is C24H31N3O. The lowest BCUT2D eigenvalue weighted by Crippen LogP contribution is -2.40. The van der Waals surface area contributed by atoms with Crippen LogP contribution in [0.15, 0.2) is 48.5 Å². The number of amides is 2. The molecule has 1 fully saturated rings. The van der Waals surface area contributed by atoms with Crippen molar-refractivity contribution in [1.29, 1.82) is 0 Å². The molecule has 0 bridgehead atoms. The number of hydrogen-bond donors (Lipinski definition) is 2. The van der Waals surface area contributed by atoms with Crippen molar-refractivity contribution in [3.05, 3.63) is 65.2 Å². The molecule has 1 saturated heterocycles. The number of urea groups is 1. The Labute approximate surface area is 168 Å². The molecule has 0 spiro atoms. The summed E-state index contributed by atoms with van der Waals surface area (Å²) in [7, 11) is 0. The molecule has 0 aromatic heterocycles. The second kappa shape index (κ2) is 8.68. The number of para-hydroxylation sites is 1. The molecule has 2 aromatic carbocycles. The summed E-state index contributed by atoms with van der Waals surface area (Å²) in [6.07, 6.45) is 6.06. The van der Waals surface area contributed by atoms with Crippen LogP contribution in [-0.2, 0) is 12.8 Å². The highest BCUT2D eigenvalue weighted by Crippen LogP contribution is 2.25. The standard InChI is InChI=1S/C24H31N3O/c1-18(21-12-11-20-7-5-6-8-22(20)15-21)26-24(28)25-16-19-13-14-27(17-19)23-9-3-2-4-10-23/h2-4,9-12,15,18-19H,5-8,13-14,16-17H2,1H3,(H2,25,26,28). The molecule has 4 heteroatoms. The van der Waals surface area contributed by atoms with Gasteiger partial charge in [-0.2, -0.15) is 0 Å². The topological polar surface area (TPSA) is 44.4 Å². The first-order chi connectivity index (χ1) is 13.7. The van der Waals surface area contributed by atoms with Gasteiger partial charge in [-0.3, -0.25) is 0 Å². The summed E-state index contributed by atoms with van der Waals surface area (Å²) < 4.78 is 0. The van der Waals surface area contributed by atoms with Crippen molar-refractivity contribution in [3.8, 4) is 0 Å². The molecule has 2 N–H and O–H groups in total. The van der Waals surface area contributed by atoms with Crippen molar-refractivity contribution in [1.82, 2.24) is 10.6 Å². The SMILES string of the molecule is CC(NC(=O)NCC1CCN(c2ccccc2)C1)c1ccc2c(c1)CCCC2. The molecule has 2 aliphatic rings. The van der Waals surface area contributed by atoms with E-state index in [2.05, 4.69) is 64.9 Å². The highest BCUT2D eigenvalue weighted by atomic mass is 16.2. The van der Waals surface area contributed by atoms with E-state index in [1.807, 2.05) is 6.07 Å². The number of carbonyl (C=O) groups is 1. The smallest absolute Gasteiger partial charge is 0.315 e. The van der Waals surface area contributed by atoms with Crippen molar-refractivity contribution in [2.45, 2.75) is 45.1 Å². The van der Waals surface area contributed by atoms with Gasteiger partial charge in [0.15, 0.2) is 0 Å². The molecule has 1 aliphatic carbocycles. The zero-order valence-corrected chi connectivity index (χ0v) is 16.8. The minimum absolute atomic E-state index is 0.0246. The van der Waals surface area contributed by atoms with E-state index in [1.165, 1.54) is 48.1 Å². The minimum Gasteiger partial charge on any atom is -0.371 e. The third-order valence-corrected chi connectivity index (χ3v) is 6.18. The minimum atomic E-state index is -0.0663. The molecule has 1 aliphatic heterocycles. The molecule has 1 heterocycles. The maximum atomic E-state index is 12.4. The van der Waals surface area contributed by atoms with E-state index in [1.54, 1.807) is 0 Å². The lowest BCUT2D eigenvalue weighted by molar-refractivity contribution is 0.236. The van der Waals surface area contributed by atoms with E-state index in [0.717, 1.165) is 26.1 Å². The largest absolute Gasteiger partial charge is 0.371 e. The average Bonchev–Trinajstić information content (AvgIpc) is 3.22. The molecule has 4 rings (SSSR count). The number of carbonyl (C=O) groups excluding carboxylic acids is 1. The van der Waals surface area contributed by atoms with Gasteiger partial charge in [0.25, 0.3) is 0 Å². The van der Waals surface area contributed by atoms with E-state index in [-0.39, 0.29) is 12.1 Å². The zero-order valence-electron chi connectivity index (χ0n) is 16.8. The van der Waals surface area contributed by atoms with Crippen molar-refractivity contribution in [3.63, 3.8) is 0 Å². The molecule has 2 atom stereocenters. The van der Waals surface area contributed by atoms with Gasteiger partial charge >= 0.3 is 6.03 Å². The van der Waals surface area contributed by atoms with Gasteiger partial charge in [-0.05, 0) is 73.8 Å². The summed E-state index contributed by atoms with van der Waals surface area (Å²) >= 11 is 0. The van der Waals surface area contributed by atoms with E-state index in [0.29, 0.717) is 5.92 Å². The number of anilines is 1. The van der Waals surface area contributed by atoms with Crippen LogP contribution < -0.4 is 15.5 Å². The Morgan fingerprint density at radius 1 is 1.11 bits per heavy atom. The van der Waals surface area contributed by atoms with Crippen LogP contribution in [0.3, 0.4) is 0 Å². The first-order valence-corrected chi connectivity index (χ1v) is 10.6. The summed E-state index contributed by atoms with van der Waals surface area (Å²) in [4.78, 5) is 14.8. The maximum Gasteiger partial charge on any atom is 0.315 e. The monoisotopic (exact) mass is 377 g/mol. The number of nitrogens with zero attached hydrogens (tertiary/aromatic N) is 1. The third-order valence-electron chi connectivity index (χ3n) is 6.18. The highest BCUT2D eigenvalue weighted by Gasteiger charge is 2.23. The fraction of sp³-hybridized carbons (Fsp3) is 0.458. The normalized spacial score (nSPS) is 19.8. The number of benzene rings is 2. The summed E-state index contributed by atoms with van der Waals surface area (Å²) in [6, 6.07) is 17.2.